The van der Waals surface area contributed by atoms with Gasteiger partial charge in [0, 0.05) is 0 Å². The molecule has 1 N–H and O–H groups in total. The van der Waals surface area contributed by atoms with Gasteiger partial charge in [-0.1, -0.05) is 39.0 Å². The van der Waals surface area contributed by atoms with E-state index < -0.39 is 17.8 Å². The first-order valence-corrected chi connectivity index (χ1v) is 6.06. The summed E-state index contributed by atoms with van der Waals surface area (Å²) in [6, 6.07) is 5.15. The van der Waals surface area contributed by atoms with Crippen molar-refractivity contribution in [2.45, 2.75) is 39.5 Å². The number of aliphatic hydroxyl groups is 1. The van der Waals surface area contributed by atoms with E-state index in [1.807, 2.05) is 20.8 Å². The summed E-state index contributed by atoms with van der Waals surface area (Å²) in [5.41, 5.74) is -0.144. The Morgan fingerprint density at radius 3 is 2.28 bits per heavy atom. The van der Waals surface area contributed by atoms with E-state index in [-0.39, 0.29) is 12.3 Å². The second kappa shape index (κ2) is 5.74. The van der Waals surface area contributed by atoms with Crippen LogP contribution in [0.3, 0.4) is 0 Å². The van der Waals surface area contributed by atoms with Crippen LogP contribution in [0, 0.1) is 11.8 Å². The molecule has 2 unspecified atom stereocenters. The van der Waals surface area contributed by atoms with E-state index in [1.54, 1.807) is 6.07 Å². The van der Waals surface area contributed by atoms with Crippen LogP contribution in [-0.4, -0.2) is 11.2 Å². The first-order valence-electron chi connectivity index (χ1n) is 6.06. The van der Waals surface area contributed by atoms with Gasteiger partial charge in [0.25, 0.3) is 0 Å². The molecule has 0 bridgehead atoms. The van der Waals surface area contributed by atoms with Gasteiger partial charge in [0.1, 0.15) is 0 Å². The third-order valence-electron chi connectivity index (χ3n) is 3.36. The predicted molar refractivity (Wildman–Crippen MR) is 65.2 cm³/mol. The fourth-order valence-electron chi connectivity index (χ4n) is 1.75. The molecule has 0 saturated carbocycles. The highest BCUT2D eigenvalue weighted by molar-refractivity contribution is 5.26. The van der Waals surface area contributed by atoms with E-state index in [9.17, 15) is 18.3 Å². The lowest BCUT2D eigenvalue weighted by atomic mass is 9.88. The van der Waals surface area contributed by atoms with Gasteiger partial charge in [-0.3, -0.25) is 0 Å². The average molecular weight is 260 g/mol. The van der Waals surface area contributed by atoms with Crippen molar-refractivity contribution >= 4 is 0 Å². The number of hydrogen-bond acceptors (Lipinski definition) is 1. The zero-order chi connectivity index (χ0) is 13.9. The summed E-state index contributed by atoms with van der Waals surface area (Å²) in [7, 11) is 0. The van der Waals surface area contributed by atoms with Gasteiger partial charge in [-0.05, 0) is 29.9 Å². The molecule has 1 aromatic rings. The van der Waals surface area contributed by atoms with Gasteiger partial charge in [0.15, 0.2) is 0 Å². The zero-order valence-electron chi connectivity index (χ0n) is 10.8. The number of alkyl halides is 3. The molecule has 0 amide bonds. The van der Waals surface area contributed by atoms with Gasteiger partial charge in [0.05, 0.1) is 11.7 Å². The van der Waals surface area contributed by atoms with Gasteiger partial charge in [-0.15, -0.1) is 0 Å². The monoisotopic (exact) mass is 260 g/mol. The molecular formula is C14H19F3O. The van der Waals surface area contributed by atoms with E-state index in [1.165, 1.54) is 6.07 Å². The Morgan fingerprint density at radius 2 is 1.78 bits per heavy atom. The normalized spacial score (nSPS) is 15.8. The van der Waals surface area contributed by atoms with E-state index in [4.69, 9.17) is 0 Å². The van der Waals surface area contributed by atoms with E-state index in [0.29, 0.717) is 11.5 Å². The maximum atomic E-state index is 12.5. The molecule has 0 radical (unpaired) electrons. The largest absolute Gasteiger partial charge is 0.416 e. The van der Waals surface area contributed by atoms with Crippen molar-refractivity contribution in [2.24, 2.45) is 11.8 Å². The molecule has 0 spiro atoms. The minimum atomic E-state index is -4.33. The molecule has 0 saturated heterocycles. The predicted octanol–water partition coefficient (Wildman–Crippen LogP) is 3.90. The zero-order valence-corrected chi connectivity index (χ0v) is 10.8. The fraction of sp³-hybridized carbons (Fsp3) is 0.571. The molecule has 0 aliphatic carbocycles. The van der Waals surface area contributed by atoms with E-state index in [2.05, 4.69) is 0 Å². The van der Waals surface area contributed by atoms with Gasteiger partial charge in [0.2, 0.25) is 0 Å². The lowest BCUT2D eigenvalue weighted by Gasteiger charge is -2.22. The minimum absolute atomic E-state index is 0.0551. The summed E-state index contributed by atoms with van der Waals surface area (Å²) >= 11 is 0. The molecule has 18 heavy (non-hydrogen) atoms. The van der Waals surface area contributed by atoms with Crippen molar-refractivity contribution < 1.29 is 18.3 Å². The second-order valence-corrected chi connectivity index (χ2v) is 5.07. The Hall–Kier alpha value is -1.03. The molecule has 1 nitrogen and oxygen atoms in total. The van der Waals surface area contributed by atoms with Crippen LogP contribution >= 0.6 is 0 Å². The van der Waals surface area contributed by atoms with E-state index in [0.717, 1.165) is 12.1 Å². The Labute approximate surface area is 106 Å². The number of halogens is 3. The number of aliphatic hydroxyl groups excluding tert-OH is 1. The lowest BCUT2D eigenvalue weighted by molar-refractivity contribution is -0.137. The van der Waals surface area contributed by atoms with Crippen molar-refractivity contribution in [1.29, 1.82) is 0 Å². The highest BCUT2D eigenvalue weighted by atomic mass is 19.4. The molecule has 102 valence electrons. The minimum Gasteiger partial charge on any atom is -0.392 e. The Kier molecular flexibility index (Phi) is 4.79. The van der Waals surface area contributed by atoms with Crippen molar-refractivity contribution in [3.05, 3.63) is 35.4 Å². The van der Waals surface area contributed by atoms with Crippen LogP contribution in [0.4, 0.5) is 13.2 Å². The topological polar surface area (TPSA) is 20.2 Å². The smallest absolute Gasteiger partial charge is 0.392 e. The molecule has 1 rings (SSSR count). The summed E-state index contributed by atoms with van der Waals surface area (Å²) in [6.45, 7) is 5.88. The first kappa shape index (κ1) is 15.0. The first-order chi connectivity index (χ1) is 8.21. The average Bonchev–Trinajstić information content (AvgIpc) is 2.27. The summed E-state index contributed by atoms with van der Waals surface area (Å²) in [5, 5.41) is 9.95. The van der Waals surface area contributed by atoms with Crippen molar-refractivity contribution in [1.82, 2.24) is 0 Å². The van der Waals surface area contributed by atoms with Crippen LogP contribution in [0.2, 0.25) is 0 Å². The van der Waals surface area contributed by atoms with Crippen LogP contribution in [0.15, 0.2) is 24.3 Å². The van der Waals surface area contributed by atoms with E-state index >= 15 is 0 Å². The SMILES string of the molecule is CC(C)C(C)C(O)Cc1cccc(C(F)(F)F)c1. The van der Waals surface area contributed by atoms with Crippen molar-refractivity contribution in [3.63, 3.8) is 0 Å². The van der Waals surface area contributed by atoms with Gasteiger partial charge < -0.3 is 5.11 Å². The quantitative estimate of drug-likeness (QED) is 0.870. The Morgan fingerprint density at radius 1 is 1.17 bits per heavy atom. The molecule has 1 aromatic carbocycles. The number of benzene rings is 1. The van der Waals surface area contributed by atoms with Crippen LogP contribution in [0.25, 0.3) is 0 Å². The Balaban J connectivity index is 2.80. The van der Waals surface area contributed by atoms with Gasteiger partial charge in [-0.25, -0.2) is 0 Å². The maximum Gasteiger partial charge on any atom is 0.416 e. The van der Waals surface area contributed by atoms with Crippen LogP contribution in [-0.2, 0) is 12.6 Å². The highest BCUT2D eigenvalue weighted by Crippen LogP contribution is 2.30. The molecule has 4 heteroatoms. The van der Waals surface area contributed by atoms with Crippen LogP contribution in [0.1, 0.15) is 31.9 Å². The summed E-state index contributed by atoms with van der Waals surface area (Å²) in [4.78, 5) is 0. The second-order valence-electron chi connectivity index (χ2n) is 5.07. The third kappa shape index (κ3) is 4.02. The fourth-order valence-corrected chi connectivity index (χ4v) is 1.75. The number of rotatable bonds is 4. The molecule has 0 aliphatic rings. The van der Waals surface area contributed by atoms with Crippen molar-refractivity contribution in [3.8, 4) is 0 Å². The summed E-state index contributed by atoms with van der Waals surface area (Å²) < 4.78 is 37.6. The standard InChI is InChI=1S/C14H19F3O/c1-9(2)10(3)13(18)8-11-5-4-6-12(7-11)14(15,16)17/h4-7,9-10,13,18H,8H2,1-3H3. The summed E-state index contributed by atoms with van der Waals surface area (Å²) in [5.74, 6) is 0.352. The molecule has 0 aliphatic heterocycles. The molecular weight excluding hydrogens is 241 g/mol. The van der Waals surface area contributed by atoms with Crippen molar-refractivity contribution in [2.75, 3.05) is 0 Å². The summed E-state index contributed by atoms with van der Waals surface area (Å²) in [6.07, 6.45) is -4.69. The number of hydrogen-bond donors (Lipinski definition) is 1. The molecule has 2 atom stereocenters. The highest BCUT2D eigenvalue weighted by Gasteiger charge is 2.30. The van der Waals surface area contributed by atoms with Crippen LogP contribution in [0.5, 0.6) is 0 Å². The van der Waals surface area contributed by atoms with Crippen LogP contribution < -0.4 is 0 Å². The Bertz CT molecular complexity index is 385. The third-order valence-corrected chi connectivity index (χ3v) is 3.36. The maximum absolute atomic E-state index is 12.5. The molecule has 0 aromatic heterocycles. The molecule has 0 fully saturated rings. The van der Waals surface area contributed by atoms with Gasteiger partial charge >= 0.3 is 6.18 Å². The van der Waals surface area contributed by atoms with Gasteiger partial charge in [-0.2, -0.15) is 13.2 Å². The molecule has 0 heterocycles. The lowest BCUT2D eigenvalue weighted by Crippen LogP contribution is -2.24.